The maximum absolute atomic E-state index is 9.58. The molecule has 3 nitrogen and oxygen atoms in total. The number of isocyanates is 1. The van der Waals surface area contributed by atoms with Gasteiger partial charge in [0.2, 0.25) is 6.08 Å². The number of hydrogen-bond acceptors (Lipinski definition) is 3. The Bertz CT molecular complexity index is 146. The van der Waals surface area contributed by atoms with Gasteiger partial charge in [0.05, 0.1) is 6.54 Å². The third-order valence-corrected chi connectivity index (χ3v) is 0.876. The van der Waals surface area contributed by atoms with Gasteiger partial charge in [-0.1, -0.05) is 6.08 Å². The summed E-state index contributed by atoms with van der Waals surface area (Å²) in [6.45, 7) is 0.536. The number of rotatable bonds is 4. The maximum atomic E-state index is 9.58. The molecule has 0 rings (SSSR count). The van der Waals surface area contributed by atoms with E-state index in [1.165, 1.54) is 6.08 Å². The maximum Gasteiger partial charge on any atom is 0.234 e. The van der Waals surface area contributed by atoms with Gasteiger partial charge >= 0.3 is 0 Å². The Labute approximate surface area is 61.1 Å². The van der Waals surface area contributed by atoms with Crippen LogP contribution in [0.5, 0.6) is 0 Å². The summed E-state index contributed by atoms with van der Waals surface area (Å²) in [7, 11) is 3.89. The average Bonchev–Trinajstić information content (AvgIpc) is 1.87. The van der Waals surface area contributed by atoms with Crippen molar-refractivity contribution < 1.29 is 4.79 Å². The number of hydrogen-bond donors (Lipinski definition) is 0. The summed E-state index contributed by atoms with van der Waals surface area (Å²) >= 11 is 0. The van der Waals surface area contributed by atoms with Gasteiger partial charge in [-0.25, -0.2) is 9.79 Å². The largest absolute Gasteiger partial charge is 0.384 e. The zero-order chi connectivity index (χ0) is 7.82. The summed E-state index contributed by atoms with van der Waals surface area (Å²) in [6, 6.07) is 0. The van der Waals surface area contributed by atoms with E-state index < -0.39 is 0 Å². The minimum atomic E-state index is 0.536. The van der Waals surface area contributed by atoms with Crippen molar-refractivity contribution in [3.63, 3.8) is 0 Å². The van der Waals surface area contributed by atoms with Crippen LogP contribution in [0.1, 0.15) is 6.42 Å². The third kappa shape index (κ3) is 6.92. The standard InChI is InChI=1S/C7H12N2O/c1-9(2)6-4-3-5-8-7-10/h4,6H,3,5H2,1-2H3/b6-4+. The first-order valence-corrected chi connectivity index (χ1v) is 3.14. The first-order chi connectivity index (χ1) is 4.77. The summed E-state index contributed by atoms with van der Waals surface area (Å²) in [6.07, 6.45) is 6.17. The second kappa shape index (κ2) is 6.05. The minimum absolute atomic E-state index is 0.536. The Hall–Kier alpha value is -1.08. The average molecular weight is 140 g/mol. The molecule has 0 aromatic carbocycles. The fraction of sp³-hybridized carbons (Fsp3) is 0.571. The van der Waals surface area contributed by atoms with Crippen LogP contribution in [0.15, 0.2) is 17.3 Å². The van der Waals surface area contributed by atoms with Gasteiger partial charge in [0, 0.05) is 14.1 Å². The molecule has 0 aliphatic heterocycles. The summed E-state index contributed by atoms with van der Waals surface area (Å²) in [5, 5.41) is 0. The molecule has 0 fully saturated rings. The Morgan fingerprint density at radius 3 is 2.80 bits per heavy atom. The van der Waals surface area contributed by atoms with Crippen LogP contribution < -0.4 is 0 Å². The molecule has 56 valence electrons. The van der Waals surface area contributed by atoms with Crippen molar-refractivity contribution in [1.82, 2.24) is 4.90 Å². The summed E-state index contributed by atoms with van der Waals surface area (Å²) in [5.74, 6) is 0. The van der Waals surface area contributed by atoms with Crippen molar-refractivity contribution in [3.05, 3.63) is 12.3 Å². The van der Waals surface area contributed by atoms with Gasteiger partial charge in [0.25, 0.3) is 0 Å². The normalized spacial score (nSPS) is 9.40. The number of aliphatic imine (C=N–C) groups is 1. The lowest BCUT2D eigenvalue weighted by Gasteiger charge is -2.01. The topological polar surface area (TPSA) is 32.7 Å². The van der Waals surface area contributed by atoms with Crippen molar-refractivity contribution >= 4 is 6.08 Å². The van der Waals surface area contributed by atoms with E-state index in [-0.39, 0.29) is 0 Å². The third-order valence-electron chi connectivity index (χ3n) is 0.876. The van der Waals surface area contributed by atoms with Crippen LogP contribution in [0, 0.1) is 0 Å². The van der Waals surface area contributed by atoms with Crippen LogP contribution in [0.2, 0.25) is 0 Å². The highest BCUT2D eigenvalue weighted by Gasteiger charge is 1.77. The van der Waals surface area contributed by atoms with Crippen LogP contribution in [0.3, 0.4) is 0 Å². The molecule has 0 saturated heterocycles. The predicted octanol–water partition coefficient (Wildman–Crippen LogP) is 0.788. The predicted molar refractivity (Wildman–Crippen MR) is 40.4 cm³/mol. The Morgan fingerprint density at radius 1 is 1.60 bits per heavy atom. The number of nitrogens with zero attached hydrogens (tertiary/aromatic N) is 2. The lowest BCUT2D eigenvalue weighted by molar-refractivity contribution is 0.559. The van der Waals surface area contributed by atoms with E-state index in [0.717, 1.165) is 6.42 Å². The van der Waals surface area contributed by atoms with Crippen molar-refractivity contribution in [2.75, 3.05) is 20.6 Å². The fourth-order valence-electron chi connectivity index (χ4n) is 0.470. The molecule has 0 aromatic heterocycles. The van der Waals surface area contributed by atoms with Crippen molar-refractivity contribution in [1.29, 1.82) is 0 Å². The lowest BCUT2D eigenvalue weighted by Crippen LogP contribution is -1.99. The second-order valence-electron chi connectivity index (χ2n) is 2.11. The monoisotopic (exact) mass is 140 g/mol. The molecule has 0 aromatic rings. The van der Waals surface area contributed by atoms with Gasteiger partial charge in [-0.15, -0.1) is 0 Å². The minimum Gasteiger partial charge on any atom is -0.384 e. The Kier molecular flexibility index (Phi) is 5.39. The van der Waals surface area contributed by atoms with Gasteiger partial charge in [0.15, 0.2) is 0 Å². The van der Waals surface area contributed by atoms with E-state index >= 15 is 0 Å². The van der Waals surface area contributed by atoms with Gasteiger partial charge in [-0.3, -0.25) is 0 Å². The Balaban J connectivity index is 3.26. The molecule has 0 spiro atoms. The van der Waals surface area contributed by atoms with Crippen LogP contribution in [0.25, 0.3) is 0 Å². The van der Waals surface area contributed by atoms with Crippen LogP contribution in [0.4, 0.5) is 0 Å². The molecule has 0 saturated carbocycles. The molecule has 3 heteroatoms. The van der Waals surface area contributed by atoms with Crippen molar-refractivity contribution in [2.24, 2.45) is 4.99 Å². The quantitative estimate of drug-likeness (QED) is 0.328. The van der Waals surface area contributed by atoms with E-state index in [9.17, 15) is 4.79 Å². The van der Waals surface area contributed by atoms with E-state index in [1.807, 2.05) is 31.3 Å². The summed E-state index contributed by atoms with van der Waals surface area (Å²) in [5.41, 5.74) is 0. The molecule has 10 heavy (non-hydrogen) atoms. The highest BCUT2D eigenvalue weighted by atomic mass is 16.1. The van der Waals surface area contributed by atoms with Crippen LogP contribution in [-0.4, -0.2) is 31.6 Å². The highest BCUT2D eigenvalue weighted by Crippen LogP contribution is 1.84. The van der Waals surface area contributed by atoms with E-state index in [1.54, 1.807) is 0 Å². The van der Waals surface area contributed by atoms with Crippen LogP contribution in [-0.2, 0) is 4.79 Å². The molecule has 0 aliphatic rings. The van der Waals surface area contributed by atoms with E-state index in [4.69, 9.17) is 0 Å². The molecule has 0 bridgehead atoms. The molecule has 0 atom stereocenters. The first kappa shape index (κ1) is 8.92. The lowest BCUT2D eigenvalue weighted by atomic mass is 10.4. The van der Waals surface area contributed by atoms with Gasteiger partial charge in [-0.05, 0) is 12.6 Å². The molecule has 0 N–H and O–H groups in total. The Morgan fingerprint density at radius 2 is 2.30 bits per heavy atom. The van der Waals surface area contributed by atoms with E-state index in [0.29, 0.717) is 6.54 Å². The first-order valence-electron chi connectivity index (χ1n) is 3.14. The van der Waals surface area contributed by atoms with Gasteiger partial charge in [-0.2, -0.15) is 0 Å². The molecular weight excluding hydrogens is 128 g/mol. The van der Waals surface area contributed by atoms with Crippen molar-refractivity contribution in [2.45, 2.75) is 6.42 Å². The summed E-state index contributed by atoms with van der Waals surface area (Å²) in [4.78, 5) is 14.9. The number of carbonyl (C=O) groups excluding carboxylic acids is 1. The second-order valence-corrected chi connectivity index (χ2v) is 2.11. The molecule has 0 unspecified atom stereocenters. The van der Waals surface area contributed by atoms with Crippen LogP contribution >= 0.6 is 0 Å². The molecule has 0 aliphatic carbocycles. The molecule has 0 amide bonds. The van der Waals surface area contributed by atoms with Gasteiger partial charge in [0.1, 0.15) is 0 Å². The highest BCUT2D eigenvalue weighted by molar-refractivity contribution is 5.32. The van der Waals surface area contributed by atoms with Crippen molar-refractivity contribution in [3.8, 4) is 0 Å². The smallest absolute Gasteiger partial charge is 0.234 e. The molecular formula is C7H12N2O. The molecule has 0 radical (unpaired) electrons. The zero-order valence-electron chi connectivity index (χ0n) is 6.37. The SMILES string of the molecule is CN(C)/C=C/CCN=C=O. The van der Waals surface area contributed by atoms with Gasteiger partial charge < -0.3 is 4.90 Å². The fourth-order valence-corrected chi connectivity index (χ4v) is 0.470. The summed E-state index contributed by atoms with van der Waals surface area (Å²) < 4.78 is 0. The van der Waals surface area contributed by atoms with E-state index in [2.05, 4.69) is 4.99 Å². The molecule has 0 heterocycles. The zero-order valence-corrected chi connectivity index (χ0v) is 6.37.